The number of nitrogens with one attached hydrogen (secondary N) is 1. The van der Waals surface area contributed by atoms with E-state index in [0.717, 1.165) is 39.1 Å². The van der Waals surface area contributed by atoms with Crippen LogP contribution in [0.2, 0.25) is 0 Å². The van der Waals surface area contributed by atoms with Crippen molar-refractivity contribution in [1.82, 2.24) is 19.7 Å². The van der Waals surface area contributed by atoms with Crippen LogP contribution in [0.4, 0.5) is 0 Å². The molecule has 0 spiro atoms. The standard InChI is InChI=1S/C21H20N4OS2/c26-18(19-8-4-11-27-19)7-3-12-28-21-24-23-20(25(21)14-9-10-14)16-13-22-17-6-2-1-5-15(16)17/h1-2,4-6,8,11,13-14,22H,3,7,9-10,12H2. The van der Waals surface area contributed by atoms with Gasteiger partial charge in [-0.05, 0) is 36.8 Å². The predicted octanol–water partition coefficient (Wildman–Crippen LogP) is 5.58. The molecule has 0 saturated heterocycles. The summed E-state index contributed by atoms with van der Waals surface area (Å²) in [6.07, 6.45) is 5.82. The van der Waals surface area contributed by atoms with Crippen LogP contribution in [-0.4, -0.2) is 31.3 Å². The van der Waals surface area contributed by atoms with Gasteiger partial charge in [0.05, 0.1) is 4.88 Å². The number of benzene rings is 1. The molecule has 1 fully saturated rings. The Balaban J connectivity index is 1.31. The minimum Gasteiger partial charge on any atom is -0.360 e. The summed E-state index contributed by atoms with van der Waals surface area (Å²) in [5.74, 6) is 2.05. The average Bonchev–Trinajstić information content (AvgIpc) is 3.14. The Bertz CT molecular complexity index is 1110. The minimum atomic E-state index is 0.235. The van der Waals surface area contributed by atoms with Crippen LogP contribution in [-0.2, 0) is 0 Å². The van der Waals surface area contributed by atoms with E-state index in [1.165, 1.54) is 29.6 Å². The SMILES string of the molecule is O=C(CCCSc1nnc(-c2c[nH]c3ccccc23)n1C1CC1)c1cccs1. The first-order chi connectivity index (χ1) is 13.8. The van der Waals surface area contributed by atoms with E-state index in [9.17, 15) is 4.79 Å². The molecule has 0 aliphatic heterocycles. The summed E-state index contributed by atoms with van der Waals surface area (Å²) in [4.78, 5) is 16.3. The van der Waals surface area contributed by atoms with Gasteiger partial charge in [-0.3, -0.25) is 9.36 Å². The third-order valence-corrected chi connectivity index (χ3v) is 6.92. The zero-order chi connectivity index (χ0) is 18.9. The largest absolute Gasteiger partial charge is 0.360 e. The second-order valence-electron chi connectivity index (χ2n) is 7.01. The van der Waals surface area contributed by atoms with Crippen molar-refractivity contribution in [1.29, 1.82) is 0 Å². The van der Waals surface area contributed by atoms with Gasteiger partial charge in [0, 0.05) is 40.9 Å². The molecule has 1 saturated carbocycles. The van der Waals surface area contributed by atoms with Crippen LogP contribution in [0.15, 0.2) is 53.1 Å². The van der Waals surface area contributed by atoms with E-state index in [-0.39, 0.29) is 5.78 Å². The van der Waals surface area contributed by atoms with E-state index in [1.807, 2.05) is 29.8 Å². The van der Waals surface area contributed by atoms with Crippen molar-refractivity contribution in [3.8, 4) is 11.4 Å². The van der Waals surface area contributed by atoms with Crippen LogP contribution >= 0.6 is 23.1 Å². The van der Waals surface area contributed by atoms with E-state index >= 15 is 0 Å². The molecule has 3 heterocycles. The maximum absolute atomic E-state index is 12.2. The van der Waals surface area contributed by atoms with Crippen LogP contribution in [0.5, 0.6) is 0 Å². The van der Waals surface area contributed by atoms with Crippen molar-refractivity contribution in [3.05, 3.63) is 52.9 Å². The Morgan fingerprint density at radius 3 is 2.93 bits per heavy atom. The number of aromatic amines is 1. The van der Waals surface area contributed by atoms with Crippen LogP contribution in [0, 0.1) is 0 Å². The number of hydrogen-bond acceptors (Lipinski definition) is 5. The predicted molar refractivity (Wildman–Crippen MR) is 114 cm³/mol. The third kappa shape index (κ3) is 3.40. The van der Waals surface area contributed by atoms with E-state index < -0.39 is 0 Å². The topological polar surface area (TPSA) is 63.6 Å². The van der Waals surface area contributed by atoms with Crippen molar-refractivity contribution < 1.29 is 4.79 Å². The zero-order valence-corrected chi connectivity index (χ0v) is 16.9. The van der Waals surface area contributed by atoms with Gasteiger partial charge in [-0.25, -0.2) is 0 Å². The summed E-state index contributed by atoms with van der Waals surface area (Å²) < 4.78 is 2.29. The summed E-state index contributed by atoms with van der Waals surface area (Å²) in [7, 11) is 0. The number of aromatic nitrogens is 4. The van der Waals surface area contributed by atoms with Crippen molar-refractivity contribution in [2.75, 3.05) is 5.75 Å². The molecule has 28 heavy (non-hydrogen) atoms. The molecular formula is C21H20N4OS2. The number of hydrogen-bond donors (Lipinski definition) is 1. The molecule has 0 amide bonds. The molecule has 142 valence electrons. The van der Waals surface area contributed by atoms with Gasteiger partial charge in [-0.15, -0.1) is 21.5 Å². The summed E-state index contributed by atoms with van der Waals surface area (Å²) in [6.45, 7) is 0. The van der Waals surface area contributed by atoms with Gasteiger partial charge in [-0.2, -0.15) is 0 Å². The number of H-pyrrole nitrogens is 1. The lowest BCUT2D eigenvalue weighted by Gasteiger charge is -2.08. The molecule has 0 bridgehead atoms. The van der Waals surface area contributed by atoms with Gasteiger partial charge >= 0.3 is 0 Å². The molecule has 1 aromatic carbocycles. The number of nitrogens with zero attached hydrogens (tertiary/aromatic N) is 3. The molecule has 1 aliphatic rings. The number of carbonyl (C=O) groups excluding carboxylic acids is 1. The molecule has 0 radical (unpaired) electrons. The first-order valence-electron chi connectivity index (χ1n) is 9.52. The molecule has 5 nitrogen and oxygen atoms in total. The first-order valence-corrected chi connectivity index (χ1v) is 11.4. The fourth-order valence-corrected chi connectivity index (χ4v) is 5.07. The number of thiophene rings is 1. The Kier molecular flexibility index (Phi) is 4.78. The Labute approximate surface area is 171 Å². The fourth-order valence-electron chi connectivity index (χ4n) is 3.43. The third-order valence-electron chi connectivity index (χ3n) is 4.98. The van der Waals surface area contributed by atoms with Gasteiger partial charge in [0.15, 0.2) is 16.8 Å². The van der Waals surface area contributed by atoms with E-state index in [0.29, 0.717) is 12.5 Å². The van der Waals surface area contributed by atoms with Gasteiger partial charge in [0.2, 0.25) is 0 Å². The Hall–Kier alpha value is -2.38. The molecule has 1 aliphatic carbocycles. The number of fused-ring (bicyclic) bond motifs is 1. The van der Waals surface area contributed by atoms with Crippen molar-refractivity contribution in [2.45, 2.75) is 36.9 Å². The normalized spacial score (nSPS) is 14.0. The fraction of sp³-hybridized carbons (Fsp3) is 0.286. The Morgan fingerprint density at radius 2 is 2.11 bits per heavy atom. The lowest BCUT2D eigenvalue weighted by atomic mass is 10.1. The number of ketones is 1. The maximum atomic E-state index is 12.2. The molecule has 5 rings (SSSR count). The number of thioether (sulfide) groups is 1. The van der Waals surface area contributed by atoms with E-state index in [1.54, 1.807) is 11.8 Å². The molecule has 3 aromatic heterocycles. The van der Waals surface area contributed by atoms with Gasteiger partial charge in [-0.1, -0.05) is 36.0 Å². The molecule has 0 unspecified atom stereocenters. The number of carbonyl (C=O) groups is 1. The smallest absolute Gasteiger partial charge is 0.191 e. The summed E-state index contributed by atoms with van der Waals surface area (Å²) in [5, 5.41) is 13.1. The monoisotopic (exact) mass is 408 g/mol. The van der Waals surface area contributed by atoms with E-state index in [4.69, 9.17) is 0 Å². The molecule has 7 heteroatoms. The number of rotatable bonds is 8. The highest BCUT2D eigenvalue weighted by Gasteiger charge is 2.30. The molecule has 0 atom stereocenters. The second-order valence-corrected chi connectivity index (χ2v) is 9.02. The molecule has 4 aromatic rings. The van der Waals surface area contributed by atoms with Gasteiger partial charge in [0.1, 0.15) is 0 Å². The quantitative estimate of drug-likeness (QED) is 0.235. The second kappa shape index (κ2) is 7.56. The van der Waals surface area contributed by atoms with Crippen molar-refractivity contribution in [2.24, 2.45) is 0 Å². The summed E-state index contributed by atoms with van der Waals surface area (Å²) in [5.41, 5.74) is 2.22. The summed E-state index contributed by atoms with van der Waals surface area (Å²) >= 11 is 3.23. The number of Topliss-reactive ketones (excluding diaryl/α,β-unsaturated/α-hetero) is 1. The average molecular weight is 409 g/mol. The highest BCUT2D eigenvalue weighted by Crippen LogP contribution is 2.42. The minimum absolute atomic E-state index is 0.235. The lowest BCUT2D eigenvalue weighted by molar-refractivity contribution is 0.0986. The van der Waals surface area contributed by atoms with Crippen molar-refractivity contribution in [3.63, 3.8) is 0 Å². The van der Waals surface area contributed by atoms with Crippen LogP contribution in [0.1, 0.15) is 41.4 Å². The van der Waals surface area contributed by atoms with Crippen LogP contribution in [0.25, 0.3) is 22.3 Å². The van der Waals surface area contributed by atoms with E-state index in [2.05, 4.69) is 37.9 Å². The first kappa shape index (κ1) is 17.7. The van der Waals surface area contributed by atoms with Gasteiger partial charge < -0.3 is 4.98 Å². The summed E-state index contributed by atoms with van der Waals surface area (Å²) in [6, 6.07) is 12.6. The van der Waals surface area contributed by atoms with Crippen LogP contribution in [0.3, 0.4) is 0 Å². The highest BCUT2D eigenvalue weighted by atomic mass is 32.2. The van der Waals surface area contributed by atoms with Crippen LogP contribution < -0.4 is 0 Å². The van der Waals surface area contributed by atoms with Gasteiger partial charge in [0.25, 0.3) is 0 Å². The molecular weight excluding hydrogens is 388 g/mol. The maximum Gasteiger partial charge on any atom is 0.191 e. The Morgan fingerprint density at radius 1 is 1.21 bits per heavy atom. The number of para-hydroxylation sites is 1. The van der Waals surface area contributed by atoms with Crippen molar-refractivity contribution >= 4 is 39.8 Å². The zero-order valence-electron chi connectivity index (χ0n) is 15.3. The highest BCUT2D eigenvalue weighted by molar-refractivity contribution is 7.99. The molecule has 1 N–H and O–H groups in total. The lowest BCUT2D eigenvalue weighted by Crippen LogP contribution is -2.01.